The molecular weight excluding hydrogens is 499 g/mol. The van der Waals surface area contributed by atoms with Crippen molar-refractivity contribution >= 4 is 17.5 Å². The molecule has 2 N–H and O–H groups in total. The molecular formula is C29H35FN6O3. The Kier molecular flexibility index (Phi) is 8.13. The van der Waals surface area contributed by atoms with Crippen LogP contribution in [0.1, 0.15) is 68.2 Å². The Morgan fingerprint density at radius 1 is 1.23 bits per heavy atom. The van der Waals surface area contributed by atoms with E-state index in [0.29, 0.717) is 34.7 Å². The quantitative estimate of drug-likeness (QED) is 0.430. The first kappa shape index (κ1) is 27.9. The van der Waals surface area contributed by atoms with Crippen molar-refractivity contribution in [2.75, 3.05) is 18.0 Å². The summed E-state index contributed by atoms with van der Waals surface area (Å²) in [4.78, 5) is 35.3. The van der Waals surface area contributed by atoms with Crippen molar-refractivity contribution in [3.63, 3.8) is 0 Å². The molecule has 1 atom stereocenters. The smallest absolute Gasteiger partial charge is 0.292 e. The van der Waals surface area contributed by atoms with Crippen LogP contribution in [0, 0.1) is 12.7 Å². The van der Waals surface area contributed by atoms with Gasteiger partial charge in [-0.2, -0.15) is 4.98 Å². The summed E-state index contributed by atoms with van der Waals surface area (Å²) in [7, 11) is 0. The fraction of sp³-hybridized carbons (Fsp3) is 0.414. The van der Waals surface area contributed by atoms with Crippen molar-refractivity contribution in [1.82, 2.24) is 25.8 Å². The van der Waals surface area contributed by atoms with Crippen molar-refractivity contribution in [3.8, 4) is 11.1 Å². The fourth-order valence-corrected chi connectivity index (χ4v) is 4.49. The molecule has 0 saturated carbocycles. The zero-order valence-corrected chi connectivity index (χ0v) is 23.1. The fourth-order valence-electron chi connectivity index (χ4n) is 4.49. The number of nitrogens with zero attached hydrogens (tertiary/aromatic N) is 4. The molecule has 3 heterocycles. The van der Waals surface area contributed by atoms with Crippen molar-refractivity contribution < 1.29 is 18.5 Å². The summed E-state index contributed by atoms with van der Waals surface area (Å²) < 4.78 is 20.9. The van der Waals surface area contributed by atoms with Crippen LogP contribution in [0.25, 0.3) is 11.1 Å². The molecule has 1 aromatic carbocycles. The normalized spacial score (nSPS) is 15.6. The van der Waals surface area contributed by atoms with Gasteiger partial charge in [0.1, 0.15) is 5.82 Å². The molecule has 1 aliphatic rings. The summed E-state index contributed by atoms with van der Waals surface area (Å²) in [6.45, 7) is 14.3. The van der Waals surface area contributed by atoms with Crippen molar-refractivity contribution in [2.45, 2.75) is 65.5 Å². The van der Waals surface area contributed by atoms with Crippen LogP contribution in [-0.4, -0.2) is 46.1 Å². The van der Waals surface area contributed by atoms with Gasteiger partial charge in [-0.25, -0.2) is 4.39 Å². The van der Waals surface area contributed by atoms with Crippen LogP contribution >= 0.6 is 0 Å². The number of halogens is 1. The van der Waals surface area contributed by atoms with Crippen molar-refractivity contribution in [3.05, 3.63) is 71.4 Å². The predicted molar refractivity (Wildman–Crippen MR) is 147 cm³/mol. The molecule has 9 nitrogen and oxygen atoms in total. The van der Waals surface area contributed by atoms with E-state index in [1.807, 2.05) is 20.8 Å². The Morgan fingerprint density at radius 2 is 2.00 bits per heavy atom. The van der Waals surface area contributed by atoms with Crippen LogP contribution in [0.15, 0.2) is 47.3 Å². The maximum absolute atomic E-state index is 15.8. The number of benzene rings is 1. The summed E-state index contributed by atoms with van der Waals surface area (Å²) in [5, 5.41) is 9.54. The minimum absolute atomic E-state index is 0.0349. The Bertz CT molecular complexity index is 1390. The first-order chi connectivity index (χ1) is 18.5. The van der Waals surface area contributed by atoms with Gasteiger partial charge >= 0.3 is 0 Å². The number of aromatic nitrogens is 3. The number of carbonyl (C=O) groups excluding carboxylic acids is 2. The lowest BCUT2D eigenvalue weighted by molar-refractivity contribution is -0.118. The van der Waals surface area contributed by atoms with E-state index in [1.54, 1.807) is 44.4 Å². The number of anilines is 1. The second-order valence-corrected chi connectivity index (χ2v) is 11.0. The largest absolute Gasteiger partial charge is 0.368 e. The minimum Gasteiger partial charge on any atom is -0.368 e. The summed E-state index contributed by atoms with van der Waals surface area (Å²) in [5.74, 6) is -0.714. The van der Waals surface area contributed by atoms with Crippen molar-refractivity contribution in [1.29, 1.82) is 0 Å². The van der Waals surface area contributed by atoms with Crippen LogP contribution in [0.3, 0.4) is 0 Å². The molecule has 10 heteroatoms. The first-order valence-electron chi connectivity index (χ1n) is 13.0. The van der Waals surface area contributed by atoms with E-state index in [9.17, 15) is 9.59 Å². The molecule has 4 rings (SSSR count). The van der Waals surface area contributed by atoms with E-state index < -0.39 is 5.91 Å². The molecule has 1 aliphatic heterocycles. The van der Waals surface area contributed by atoms with Gasteiger partial charge in [0.25, 0.3) is 11.7 Å². The third kappa shape index (κ3) is 6.32. The lowest BCUT2D eigenvalue weighted by atomic mass is 9.96. The highest BCUT2D eigenvalue weighted by atomic mass is 19.1. The van der Waals surface area contributed by atoms with Gasteiger partial charge in [-0.05, 0) is 43.9 Å². The third-order valence-electron chi connectivity index (χ3n) is 6.78. The van der Waals surface area contributed by atoms with Crippen LogP contribution in [-0.2, 0) is 16.8 Å². The Balaban J connectivity index is 1.51. The molecule has 2 amide bonds. The van der Waals surface area contributed by atoms with Crippen LogP contribution in [0.2, 0.25) is 0 Å². The van der Waals surface area contributed by atoms with Crippen LogP contribution < -0.4 is 15.5 Å². The average molecular weight is 535 g/mol. The molecule has 0 spiro atoms. The van der Waals surface area contributed by atoms with E-state index in [0.717, 1.165) is 30.6 Å². The molecule has 2 aromatic heterocycles. The van der Waals surface area contributed by atoms with E-state index >= 15 is 4.39 Å². The number of carbonyl (C=O) groups is 2. The SMILES string of the molecule is C=C(C)C(=O)NC1CCCN(c2cnccc2-c2ccc(CNC(=O)c3noc(C(C)(C)C)n3)c(C)c2F)C1. The van der Waals surface area contributed by atoms with Gasteiger partial charge in [0.05, 0.1) is 11.9 Å². The molecule has 1 saturated heterocycles. The molecule has 0 radical (unpaired) electrons. The van der Waals surface area contributed by atoms with Gasteiger partial charge < -0.3 is 20.1 Å². The number of amides is 2. The lowest BCUT2D eigenvalue weighted by Gasteiger charge is -2.35. The first-order valence-corrected chi connectivity index (χ1v) is 13.0. The van der Waals surface area contributed by atoms with Crippen LogP contribution in [0.5, 0.6) is 0 Å². The molecule has 3 aromatic rings. The zero-order chi connectivity index (χ0) is 28.3. The molecule has 1 fully saturated rings. The topological polar surface area (TPSA) is 113 Å². The standard InChI is InChI=1S/C29H35FN6O3/c1-17(2)26(37)33-20-8-7-13-36(16-20)23-15-31-12-11-21(23)22-10-9-19(18(3)24(22)30)14-32-27(38)25-34-28(39-35-25)29(4,5)6/h9-12,15,20H,1,7-8,13-14,16H2,2-6H3,(H,32,38)(H,33,37). The number of nitrogens with one attached hydrogen (secondary N) is 2. The summed E-state index contributed by atoms with van der Waals surface area (Å²) >= 11 is 0. The van der Waals surface area contributed by atoms with Gasteiger partial charge in [-0.15, -0.1) is 0 Å². The van der Waals surface area contributed by atoms with E-state index in [-0.39, 0.29) is 35.6 Å². The number of piperidine rings is 1. The molecule has 1 unspecified atom stereocenters. The second kappa shape index (κ2) is 11.3. The minimum atomic E-state index is -0.493. The Morgan fingerprint density at radius 3 is 2.69 bits per heavy atom. The predicted octanol–water partition coefficient (Wildman–Crippen LogP) is 4.47. The van der Waals surface area contributed by atoms with Crippen molar-refractivity contribution in [2.24, 2.45) is 0 Å². The monoisotopic (exact) mass is 534 g/mol. The summed E-state index contributed by atoms with van der Waals surface area (Å²) in [6.07, 6.45) is 5.12. The zero-order valence-electron chi connectivity index (χ0n) is 23.1. The molecule has 206 valence electrons. The van der Waals surface area contributed by atoms with Gasteiger partial charge in [0.15, 0.2) is 0 Å². The van der Waals surface area contributed by atoms with Gasteiger partial charge in [-0.1, -0.05) is 44.6 Å². The lowest BCUT2D eigenvalue weighted by Crippen LogP contribution is -2.48. The number of hydrogen-bond acceptors (Lipinski definition) is 7. The summed E-state index contributed by atoms with van der Waals surface area (Å²) in [6, 6.07) is 5.29. The van der Waals surface area contributed by atoms with Gasteiger partial charge in [0, 0.05) is 54.0 Å². The van der Waals surface area contributed by atoms with Gasteiger partial charge in [0.2, 0.25) is 11.8 Å². The summed E-state index contributed by atoms with van der Waals surface area (Å²) in [5.41, 5.74) is 3.13. The molecule has 39 heavy (non-hydrogen) atoms. The number of hydrogen-bond donors (Lipinski definition) is 2. The molecule has 0 aliphatic carbocycles. The highest BCUT2D eigenvalue weighted by Crippen LogP contribution is 2.35. The Labute approximate surface area is 227 Å². The number of rotatable bonds is 7. The van der Waals surface area contributed by atoms with Gasteiger partial charge in [-0.3, -0.25) is 14.6 Å². The number of pyridine rings is 1. The molecule has 0 bridgehead atoms. The maximum atomic E-state index is 15.8. The maximum Gasteiger partial charge on any atom is 0.292 e. The Hall–Kier alpha value is -4.08. The second-order valence-electron chi connectivity index (χ2n) is 11.0. The van der Waals surface area contributed by atoms with E-state index in [2.05, 4.69) is 37.2 Å². The third-order valence-corrected chi connectivity index (χ3v) is 6.78. The average Bonchev–Trinajstić information content (AvgIpc) is 3.41. The highest BCUT2D eigenvalue weighted by molar-refractivity contribution is 5.92. The van der Waals surface area contributed by atoms with E-state index in [4.69, 9.17) is 4.52 Å². The van der Waals surface area contributed by atoms with E-state index in [1.165, 1.54) is 0 Å². The van der Waals surface area contributed by atoms with Crippen LogP contribution in [0.4, 0.5) is 10.1 Å². The highest BCUT2D eigenvalue weighted by Gasteiger charge is 2.26.